The van der Waals surface area contributed by atoms with E-state index in [9.17, 15) is 9.90 Å². The quantitative estimate of drug-likeness (QED) is 0.247. The Morgan fingerprint density at radius 2 is 1.66 bits per heavy atom. The van der Waals surface area contributed by atoms with Crippen LogP contribution in [0.2, 0.25) is 0 Å². The highest BCUT2D eigenvalue weighted by atomic mass is 16.8. The number of aliphatic hydroxyl groups is 1. The molecule has 12 heteroatoms. The van der Waals surface area contributed by atoms with Crippen LogP contribution in [0.25, 0.3) is 0 Å². The molecule has 6 bridgehead atoms. The summed E-state index contributed by atoms with van der Waals surface area (Å²) in [6, 6.07) is 0. The van der Waals surface area contributed by atoms with Gasteiger partial charge in [0, 0.05) is 51.7 Å². The van der Waals surface area contributed by atoms with Crippen LogP contribution in [0.15, 0.2) is 24.3 Å². The smallest absolute Gasteiger partial charge is 0.172 e. The van der Waals surface area contributed by atoms with Crippen molar-refractivity contribution in [3.8, 4) is 0 Å². The maximum absolute atomic E-state index is 13.5. The molecule has 12 nitrogen and oxygen atoms in total. The van der Waals surface area contributed by atoms with Gasteiger partial charge in [0.15, 0.2) is 5.79 Å². The van der Waals surface area contributed by atoms with Crippen molar-refractivity contribution in [3.63, 3.8) is 0 Å². The molecule has 0 saturated carbocycles. The second-order valence-electron chi connectivity index (χ2n) is 17.5. The second kappa shape index (κ2) is 15.6. The zero-order valence-electron chi connectivity index (χ0n) is 32.1. The first-order valence-corrected chi connectivity index (χ1v) is 20.5. The lowest BCUT2D eigenvalue weighted by Crippen LogP contribution is -2.61. The minimum absolute atomic E-state index is 0.0409. The van der Waals surface area contributed by atoms with Crippen molar-refractivity contribution >= 4 is 5.78 Å². The molecule has 0 aromatic rings. The number of aliphatic hydroxyl groups excluding tert-OH is 1. The monoisotopic (exact) mass is 745 g/mol. The van der Waals surface area contributed by atoms with Crippen molar-refractivity contribution in [1.29, 1.82) is 0 Å². The maximum atomic E-state index is 13.5. The van der Waals surface area contributed by atoms with E-state index in [2.05, 4.69) is 27.0 Å². The third-order valence-corrected chi connectivity index (χ3v) is 13.8. The number of carbonyl (C=O) groups excluding carboxylic acids is 1. The Morgan fingerprint density at radius 3 is 2.43 bits per heavy atom. The van der Waals surface area contributed by atoms with Crippen LogP contribution >= 0.6 is 0 Å². The number of Topliss-reactive ketones (excluding diaryl/α,β-unsaturated/α-hetero) is 1. The highest BCUT2D eigenvalue weighted by Crippen LogP contribution is 2.54. The molecule has 0 amide bonds. The fourth-order valence-corrected chi connectivity index (χ4v) is 10.9. The van der Waals surface area contributed by atoms with Gasteiger partial charge in [-0.1, -0.05) is 20.1 Å². The molecule has 9 aliphatic rings. The first kappa shape index (κ1) is 38.6. The van der Waals surface area contributed by atoms with Gasteiger partial charge < -0.3 is 53.5 Å². The first-order valence-electron chi connectivity index (χ1n) is 20.5. The number of rotatable bonds is 14. The molecule has 3 N–H and O–H groups in total. The average Bonchev–Trinajstić information content (AvgIpc) is 3.80. The van der Waals surface area contributed by atoms with Gasteiger partial charge in [-0.05, 0) is 75.9 Å². The molecule has 19 atom stereocenters. The van der Waals surface area contributed by atoms with Crippen LogP contribution in [0.1, 0.15) is 97.8 Å². The SMILES string of the molecule is C=C1C[C@H](CC[C@@]23C[C@H]4O[C@H]5[C@@H](O2)[C@H]2O[C@@H](CC(=O)C[C@@H]6[C@@H](OC)[C@@H](C[C@H](O)CN)O[C@H]6C)CC[C@@H]2O[C@H]5[C@H]4O3)O[C@H]1CC[C@H]1C[C@@H](C)C(=C)[C@@H](C)O1. The Hall–Kier alpha value is -1.29. The molecular weight excluding hydrogens is 682 g/mol. The average molecular weight is 746 g/mol. The van der Waals surface area contributed by atoms with E-state index < -0.39 is 11.9 Å². The fraction of sp³-hybridized carbons (Fsp3) is 0.878. The summed E-state index contributed by atoms with van der Waals surface area (Å²) in [5.74, 6) is -0.303. The van der Waals surface area contributed by atoms with Crippen molar-refractivity contribution < 1.29 is 52.5 Å². The molecule has 0 radical (unpaired) electrons. The Morgan fingerprint density at radius 1 is 0.887 bits per heavy atom. The lowest BCUT2D eigenvalue weighted by Gasteiger charge is -2.47. The Bertz CT molecular complexity index is 1350. The summed E-state index contributed by atoms with van der Waals surface area (Å²) < 4.78 is 58.5. The molecule has 9 rings (SSSR count). The molecule has 9 heterocycles. The Balaban J connectivity index is 0.857. The van der Waals surface area contributed by atoms with Gasteiger partial charge in [0.2, 0.25) is 0 Å². The molecule has 9 fully saturated rings. The van der Waals surface area contributed by atoms with Gasteiger partial charge in [0.05, 0.1) is 67.1 Å². The van der Waals surface area contributed by atoms with E-state index in [-0.39, 0.29) is 110 Å². The molecule has 0 unspecified atom stereocenters. The van der Waals surface area contributed by atoms with E-state index in [4.69, 9.17) is 48.4 Å². The van der Waals surface area contributed by atoms with Crippen molar-refractivity contribution in [2.75, 3.05) is 13.7 Å². The number of methoxy groups -OCH3 is 1. The summed E-state index contributed by atoms with van der Waals surface area (Å²) in [5.41, 5.74) is 7.99. The van der Waals surface area contributed by atoms with E-state index in [1.165, 1.54) is 5.57 Å². The molecule has 9 aliphatic heterocycles. The van der Waals surface area contributed by atoms with E-state index in [0.717, 1.165) is 50.5 Å². The van der Waals surface area contributed by atoms with Crippen molar-refractivity contribution in [2.24, 2.45) is 17.6 Å². The highest BCUT2D eigenvalue weighted by molar-refractivity contribution is 5.79. The van der Waals surface area contributed by atoms with E-state index in [0.29, 0.717) is 38.0 Å². The summed E-state index contributed by atoms with van der Waals surface area (Å²) in [7, 11) is 1.64. The second-order valence-corrected chi connectivity index (χ2v) is 17.5. The van der Waals surface area contributed by atoms with Crippen LogP contribution in [0.4, 0.5) is 0 Å². The molecule has 0 spiro atoms. The normalized spacial score (nSPS) is 49.4. The van der Waals surface area contributed by atoms with Gasteiger partial charge in [0.25, 0.3) is 0 Å². The van der Waals surface area contributed by atoms with Gasteiger partial charge >= 0.3 is 0 Å². The van der Waals surface area contributed by atoms with Crippen LogP contribution in [0.5, 0.6) is 0 Å². The van der Waals surface area contributed by atoms with Crippen molar-refractivity contribution in [1.82, 2.24) is 0 Å². The topological polar surface area (TPSA) is 146 Å². The van der Waals surface area contributed by atoms with Gasteiger partial charge in [-0.15, -0.1) is 0 Å². The minimum Gasteiger partial charge on any atom is -0.392 e. The fourth-order valence-electron chi connectivity index (χ4n) is 10.9. The van der Waals surface area contributed by atoms with Gasteiger partial charge in [-0.3, -0.25) is 4.79 Å². The number of hydrogen-bond acceptors (Lipinski definition) is 12. The van der Waals surface area contributed by atoms with Crippen molar-refractivity contribution in [3.05, 3.63) is 24.3 Å². The van der Waals surface area contributed by atoms with Gasteiger partial charge in [0.1, 0.15) is 36.3 Å². The largest absolute Gasteiger partial charge is 0.392 e. The molecule has 298 valence electrons. The van der Waals surface area contributed by atoms with E-state index in [1.807, 2.05) is 6.92 Å². The lowest BCUT2D eigenvalue weighted by atomic mass is 9.85. The summed E-state index contributed by atoms with van der Waals surface area (Å²) in [5, 5.41) is 10.1. The van der Waals surface area contributed by atoms with Gasteiger partial charge in [-0.25, -0.2) is 0 Å². The number of carbonyl (C=O) groups is 1. The third kappa shape index (κ3) is 7.61. The summed E-state index contributed by atoms with van der Waals surface area (Å²) in [4.78, 5) is 13.5. The predicted molar refractivity (Wildman–Crippen MR) is 193 cm³/mol. The molecular formula is C41H63NO11. The molecule has 0 aromatic carbocycles. The van der Waals surface area contributed by atoms with E-state index in [1.54, 1.807) is 7.11 Å². The van der Waals surface area contributed by atoms with Crippen LogP contribution in [-0.4, -0.2) is 128 Å². The summed E-state index contributed by atoms with van der Waals surface area (Å²) in [6.45, 7) is 15.1. The van der Waals surface area contributed by atoms with E-state index >= 15 is 0 Å². The Kier molecular flexibility index (Phi) is 11.3. The van der Waals surface area contributed by atoms with Crippen molar-refractivity contribution in [2.45, 2.75) is 201 Å². The van der Waals surface area contributed by atoms with Crippen LogP contribution in [0, 0.1) is 11.8 Å². The summed E-state index contributed by atoms with van der Waals surface area (Å²) in [6.07, 6.45) is 5.67. The summed E-state index contributed by atoms with van der Waals surface area (Å²) >= 11 is 0. The highest BCUT2D eigenvalue weighted by Gasteiger charge is 2.68. The minimum atomic E-state index is -0.789. The van der Waals surface area contributed by atoms with Crippen LogP contribution in [0.3, 0.4) is 0 Å². The predicted octanol–water partition coefficient (Wildman–Crippen LogP) is 4.07. The number of ketones is 1. The van der Waals surface area contributed by atoms with Gasteiger partial charge in [-0.2, -0.15) is 0 Å². The lowest BCUT2D eigenvalue weighted by molar-refractivity contribution is -0.292. The number of ether oxygens (including phenoxy) is 9. The zero-order chi connectivity index (χ0) is 37.2. The number of hydrogen-bond donors (Lipinski definition) is 2. The number of nitrogens with two attached hydrogens (primary N) is 1. The molecule has 0 aromatic heterocycles. The third-order valence-electron chi connectivity index (χ3n) is 13.8. The Labute approximate surface area is 314 Å². The zero-order valence-corrected chi connectivity index (χ0v) is 32.1. The number of fused-ring (bicyclic) bond motifs is 1. The standard InChI is InChI=1S/C41H63NO11/c1-20-13-27(46-23(4)22(20)3)7-9-31-21(2)14-29(48-31)11-12-41-18-34-37(52-41)38-39(51-34)40(53-41)36-32(50-38)10-8-28(49-36)15-25(43)16-30-24(5)47-33(35(30)45-6)17-26(44)19-42/h20,23-24,26-40,44H,2-3,7-19,42H2,1,4-6H3/t20-,23-,24+,26+,27+,28-,29+,30+,31+,32+,33-,34-,35-,36+,37+,38+,39-,40+,41+/m1/s1. The first-order chi connectivity index (χ1) is 25.4. The molecule has 9 saturated heterocycles. The maximum Gasteiger partial charge on any atom is 0.172 e. The van der Waals surface area contributed by atoms with Crippen LogP contribution in [-0.2, 0) is 47.4 Å². The molecule has 0 aliphatic carbocycles. The van der Waals surface area contributed by atoms with Crippen LogP contribution < -0.4 is 5.73 Å². The molecule has 53 heavy (non-hydrogen) atoms.